The number of nitriles is 1. The number of fused-ring (bicyclic) bond motifs is 1. The molecule has 7 nitrogen and oxygen atoms in total. The summed E-state index contributed by atoms with van der Waals surface area (Å²) in [7, 11) is 0. The van der Waals surface area contributed by atoms with Crippen LogP contribution in [0.15, 0.2) is 53.4 Å². The van der Waals surface area contributed by atoms with Crippen LogP contribution in [0.5, 0.6) is 0 Å². The molecule has 2 atom stereocenters. The van der Waals surface area contributed by atoms with Crippen molar-refractivity contribution in [1.29, 1.82) is 5.26 Å². The SMILES string of the molecule is C[C@]1(c2cc(NC(=O)c3ccc(C#N)cn3)ccc2F)N=C(N)OC2=CCCCC21. The zero-order valence-electron chi connectivity index (χ0n) is 16.4. The minimum absolute atomic E-state index is 0.00230. The van der Waals surface area contributed by atoms with Gasteiger partial charge in [0.2, 0.25) is 0 Å². The number of ether oxygens (including phenoxy) is 1. The molecular formula is C22H20FN5O2. The molecule has 0 saturated carbocycles. The van der Waals surface area contributed by atoms with Gasteiger partial charge in [0.1, 0.15) is 28.9 Å². The number of aliphatic imine (C=N–C) groups is 1. The maximum absolute atomic E-state index is 14.9. The second-order valence-corrected chi connectivity index (χ2v) is 7.48. The summed E-state index contributed by atoms with van der Waals surface area (Å²) in [5.74, 6) is -0.322. The van der Waals surface area contributed by atoms with E-state index in [0.717, 1.165) is 19.3 Å². The van der Waals surface area contributed by atoms with Gasteiger partial charge in [-0.1, -0.05) is 0 Å². The Morgan fingerprint density at radius 1 is 1.40 bits per heavy atom. The number of nitrogens with one attached hydrogen (secondary N) is 1. The minimum atomic E-state index is -0.952. The van der Waals surface area contributed by atoms with E-state index in [2.05, 4.69) is 15.3 Å². The molecule has 1 aliphatic carbocycles. The quantitative estimate of drug-likeness (QED) is 0.810. The first-order valence-corrected chi connectivity index (χ1v) is 9.61. The molecular weight excluding hydrogens is 385 g/mol. The fourth-order valence-electron chi connectivity index (χ4n) is 4.00. The standard InChI is InChI=1S/C22H20FN5O2/c1-22(15-4-2-3-5-19(15)30-21(25)28-22)16-10-14(7-8-17(16)23)27-20(29)18-9-6-13(11-24)12-26-18/h5-10,12,15H,2-4H2,1H3,(H2,25,28)(H,27,29)/t15?,22-/m0/s1. The molecule has 1 amide bonds. The highest BCUT2D eigenvalue weighted by molar-refractivity contribution is 6.02. The van der Waals surface area contributed by atoms with E-state index in [0.29, 0.717) is 22.6 Å². The van der Waals surface area contributed by atoms with Gasteiger partial charge >= 0.3 is 0 Å². The number of benzene rings is 1. The topological polar surface area (TPSA) is 113 Å². The van der Waals surface area contributed by atoms with Crippen molar-refractivity contribution in [1.82, 2.24) is 4.98 Å². The number of nitrogens with two attached hydrogens (primary N) is 1. The molecule has 2 aliphatic rings. The highest BCUT2D eigenvalue weighted by Crippen LogP contribution is 2.47. The van der Waals surface area contributed by atoms with Gasteiger partial charge < -0.3 is 15.8 Å². The number of anilines is 1. The lowest BCUT2D eigenvalue weighted by Crippen LogP contribution is -2.42. The first kappa shape index (κ1) is 19.6. The second kappa shape index (κ2) is 7.59. The van der Waals surface area contributed by atoms with Crippen molar-refractivity contribution in [2.24, 2.45) is 16.6 Å². The molecule has 0 saturated heterocycles. The highest BCUT2D eigenvalue weighted by Gasteiger charge is 2.45. The monoisotopic (exact) mass is 405 g/mol. The van der Waals surface area contributed by atoms with Crippen molar-refractivity contribution in [3.8, 4) is 6.07 Å². The van der Waals surface area contributed by atoms with Crippen LogP contribution in [0.2, 0.25) is 0 Å². The first-order chi connectivity index (χ1) is 14.4. The van der Waals surface area contributed by atoms with E-state index in [1.54, 1.807) is 6.07 Å². The van der Waals surface area contributed by atoms with Crippen LogP contribution < -0.4 is 11.1 Å². The van der Waals surface area contributed by atoms with Gasteiger partial charge in [0.15, 0.2) is 0 Å². The molecule has 3 N–H and O–H groups in total. The summed E-state index contributed by atoms with van der Waals surface area (Å²) in [5, 5.41) is 11.6. The van der Waals surface area contributed by atoms with Crippen molar-refractivity contribution in [2.45, 2.75) is 31.7 Å². The molecule has 1 aromatic carbocycles. The van der Waals surface area contributed by atoms with Gasteiger partial charge in [-0.15, -0.1) is 0 Å². The number of carbonyl (C=O) groups excluding carboxylic acids is 1. The summed E-state index contributed by atoms with van der Waals surface area (Å²) in [5.41, 5.74) is 6.18. The van der Waals surface area contributed by atoms with E-state index < -0.39 is 17.3 Å². The number of rotatable bonds is 3. The highest BCUT2D eigenvalue weighted by atomic mass is 19.1. The molecule has 1 unspecified atom stereocenters. The Balaban J connectivity index is 1.67. The summed E-state index contributed by atoms with van der Waals surface area (Å²) < 4.78 is 20.5. The molecule has 0 radical (unpaired) electrons. The zero-order chi connectivity index (χ0) is 21.3. The zero-order valence-corrected chi connectivity index (χ0v) is 16.4. The Labute approximate surface area is 173 Å². The average molecular weight is 405 g/mol. The van der Waals surface area contributed by atoms with Gasteiger partial charge in [0.25, 0.3) is 11.9 Å². The molecule has 1 aromatic heterocycles. The van der Waals surface area contributed by atoms with Gasteiger partial charge in [-0.2, -0.15) is 5.26 Å². The summed E-state index contributed by atoms with van der Waals surface area (Å²) in [6, 6.07) is 9.27. The van der Waals surface area contributed by atoms with Crippen molar-refractivity contribution in [2.75, 3.05) is 5.32 Å². The van der Waals surface area contributed by atoms with E-state index in [4.69, 9.17) is 15.7 Å². The number of aromatic nitrogens is 1. The third kappa shape index (κ3) is 3.50. The summed E-state index contributed by atoms with van der Waals surface area (Å²) in [4.78, 5) is 21.0. The van der Waals surface area contributed by atoms with Crippen molar-refractivity contribution in [3.63, 3.8) is 0 Å². The number of hydrogen-bond donors (Lipinski definition) is 2. The predicted molar refractivity (Wildman–Crippen MR) is 109 cm³/mol. The number of carbonyl (C=O) groups is 1. The lowest BCUT2D eigenvalue weighted by Gasteiger charge is -2.41. The van der Waals surface area contributed by atoms with E-state index in [1.165, 1.54) is 30.5 Å². The van der Waals surface area contributed by atoms with E-state index in [1.807, 2.05) is 19.1 Å². The summed E-state index contributed by atoms with van der Waals surface area (Å²) >= 11 is 0. The number of amidine groups is 1. The third-order valence-electron chi connectivity index (χ3n) is 5.52. The Bertz CT molecular complexity index is 1100. The summed E-state index contributed by atoms with van der Waals surface area (Å²) in [6.07, 6.45) is 5.93. The van der Waals surface area contributed by atoms with Gasteiger partial charge in [-0.25, -0.2) is 14.4 Å². The van der Waals surface area contributed by atoms with Crippen molar-refractivity contribution in [3.05, 3.63) is 71.0 Å². The molecule has 0 fully saturated rings. The number of allylic oxidation sites excluding steroid dienone is 1. The molecule has 30 heavy (non-hydrogen) atoms. The smallest absolute Gasteiger partial charge is 0.288 e. The fraction of sp³-hybridized carbons (Fsp3) is 0.273. The number of pyridine rings is 1. The maximum Gasteiger partial charge on any atom is 0.288 e. The molecule has 152 valence electrons. The van der Waals surface area contributed by atoms with E-state index in [9.17, 15) is 9.18 Å². The second-order valence-electron chi connectivity index (χ2n) is 7.48. The van der Waals surface area contributed by atoms with Gasteiger partial charge in [0, 0.05) is 23.4 Å². The average Bonchev–Trinajstić information content (AvgIpc) is 2.75. The number of amides is 1. The van der Waals surface area contributed by atoms with Crippen molar-refractivity contribution < 1.29 is 13.9 Å². The van der Waals surface area contributed by atoms with Crippen molar-refractivity contribution >= 4 is 17.6 Å². The third-order valence-corrected chi connectivity index (χ3v) is 5.52. The van der Waals surface area contributed by atoms with Gasteiger partial charge in [-0.3, -0.25) is 4.79 Å². The van der Waals surface area contributed by atoms with E-state index in [-0.39, 0.29) is 17.6 Å². The fourth-order valence-corrected chi connectivity index (χ4v) is 4.00. The molecule has 2 heterocycles. The van der Waals surface area contributed by atoms with Crippen LogP contribution in [0.25, 0.3) is 0 Å². The minimum Gasteiger partial charge on any atom is -0.431 e. The van der Waals surface area contributed by atoms with Crippen LogP contribution in [0.3, 0.4) is 0 Å². The molecule has 4 rings (SSSR count). The number of nitrogens with zero attached hydrogens (tertiary/aromatic N) is 3. The Morgan fingerprint density at radius 3 is 2.97 bits per heavy atom. The normalized spacial score (nSPS) is 22.6. The van der Waals surface area contributed by atoms with Crippen LogP contribution in [-0.4, -0.2) is 16.9 Å². The van der Waals surface area contributed by atoms with Crippen LogP contribution in [0.4, 0.5) is 10.1 Å². The predicted octanol–water partition coefficient (Wildman–Crippen LogP) is 3.59. The first-order valence-electron chi connectivity index (χ1n) is 9.61. The van der Waals surface area contributed by atoms with E-state index >= 15 is 0 Å². The van der Waals surface area contributed by atoms with Crippen LogP contribution >= 0.6 is 0 Å². The largest absolute Gasteiger partial charge is 0.431 e. The van der Waals surface area contributed by atoms with Crippen LogP contribution in [0.1, 0.15) is 47.8 Å². The number of hydrogen-bond acceptors (Lipinski definition) is 6. The van der Waals surface area contributed by atoms with Gasteiger partial charge in [0.05, 0.1) is 5.56 Å². The van der Waals surface area contributed by atoms with Gasteiger partial charge in [-0.05, 0) is 62.6 Å². The molecule has 0 spiro atoms. The Hall–Kier alpha value is -3.73. The molecule has 8 heteroatoms. The molecule has 1 aliphatic heterocycles. The van der Waals surface area contributed by atoms with Crippen LogP contribution in [-0.2, 0) is 10.3 Å². The lowest BCUT2D eigenvalue weighted by molar-refractivity contribution is 0.102. The lowest BCUT2D eigenvalue weighted by atomic mass is 9.73. The maximum atomic E-state index is 14.9. The molecule has 0 bridgehead atoms. The van der Waals surface area contributed by atoms with Crippen LogP contribution in [0, 0.1) is 23.1 Å². The number of halogens is 1. The summed E-state index contributed by atoms with van der Waals surface area (Å²) in [6.45, 7) is 1.83. The Kier molecular flexibility index (Phi) is 4.96. The molecule has 2 aromatic rings. The Morgan fingerprint density at radius 2 is 2.23 bits per heavy atom.